The zero-order valence-electron chi connectivity index (χ0n) is 14.5. The second kappa shape index (κ2) is 9.83. The van der Waals surface area contributed by atoms with Crippen LogP contribution in [0, 0.1) is 22.0 Å². The van der Waals surface area contributed by atoms with Crippen LogP contribution in [0.3, 0.4) is 0 Å². The van der Waals surface area contributed by atoms with Crippen LogP contribution in [0.5, 0.6) is 5.75 Å². The highest BCUT2D eigenvalue weighted by Crippen LogP contribution is 2.39. The van der Waals surface area contributed by atoms with Crippen LogP contribution in [0.4, 0.5) is 11.4 Å². The van der Waals surface area contributed by atoms with Crippen LogP contribution in [-0.4, -0.2) is 17.8 Å². The van der Waals surface area contributed by atoms with Crippen molar-refractivity contribution in [2.75, 3.05) is 10.6 Å². The average molecular weight is 715 g/mol. The van der Waals surface area contributed by atoms with Crippen LogP contribution >= 0.6 is 67.8 Å². The summed E-state index contributed by atoms with van der Waals surface area (Å²) in [6.45, 7) is 2.72. The van der Waals surface area contributed by atoms with Gasteiger partial charge in [-0.1, -0.05) is 0 Å². The van der Waals surface area contributed by atoms with Crippen LogP contribution in [0.25, 0.3) is 0 Å². The lowest BCUT2D eigenvalue weighted by molar-refractivity contribution is -0.115. The number of halogens is 3. The molecule has 0 unspecified atom stereocenters. The lowest BCUT2D eigenvalue weighted by Crippen LogP contribution is -2.20. The van der Waals surface area contributed by atoms with Crippen molar-refractivity contribution in [1.29, 1.82) is 5.26 Å². The normalized spacial score (nSPS) is 10.0. The van der Waals surface area contributed by atoms with Crippen LogP contribution in [0.1, 0.15) is 29.8 Å². The lowest BCUT2D eigenvalue weighted by atomic mass is 10.1. The Bertz CT molecular complexity index is 971. The largest absolute Gasteiger partial charge is 0.423 e. The minimum Gasteiger partial charge on any atom is -0.423 e. The fourth-order valence-corrected chi connectivity index (χ4v) is 6.32. The van der Waals surface area contributed by atoms with Crippen molar-refractivity contribution in [3.05, 3.63) is 46.1 Å². The number of rotatable bonds is 4. The number of nitrogens with one attached hydrogen (secondary N) is 2. The Kier molecular flexibility index (Phi) is 8.01. The molecule has 2 aromatic carbocycles. The Morgan fingerprint density at radius 2 is 1.36 bits per heavy atom. The quantitative estimate of drug-likeness (QED) is 0.276. The molecule has 0 atom stereocenters. The third-order valence-electron chi connectivity index (χ3n) is 3.32. The van der Waals surface area contributed by atoms with Gasteiger partial charge in [-0.05, 0) is 92.0 Å². The molecule has 2 amide bonds. The summed E-state index contributed by atoms with van der Waals surface area (Å²) in [6, 6.07) is 8.11. The smallest absolute Gasteiger partial charge is 0.345 e. The number of benzene rings is 2. The standard InChI is InChI=1S/C18H12I3N3O4/c1-8(25)23-16-13(19)12(14(20)17(15(16)21)24-9(2)26)18(27)28-11-5-3-10(7-22)4-6-11/h3-6H,1-2H3,(H,23,25)(H,24,26). The molecule has 0 spiro atoms. The molecule has 0 fully saturated rings. The summed E-state index contributed by atoms with van der Waals surface area (Å²) in [7, 11) is 0. The molecule has 0 aliphatic heterocycles. The zero-order chi connectivity index (χ0) is 21.0. The van der Waals surface area contributed by atoms with Crippen LogP contribution < -0.4 is 15.4 Å². The van der Waals surface area contributed by atoms with E-state index >= 15 is 0 Å². The first-order valence-corrected chi connectivity index (χ1v) is 10.9. The van der Waals surface area contributed by atoms with Gasteiger partial charge in [-0.3, -0.25) is 9.59 Å². The molecule has 2 rings (SSSR count). The van der Waals surface area contributed by atoms with Gasteiger partial charge in [-0.25, -0.2) is 4.79 Å². The first-order chi connectivity index (χ1) is 13.1. The van der Waals surface area contributed by atoms with Crippen molar-refractivity contribution in [2.24, 2.45) is 0 Å². The molecule has 0 heterocycles. The second-order valence-corrected chi connectivity index (χ2v) is 8.69. The van der Waals surface area contributed by atoms with Gasteiger partial charge in [0, 0.05) is 13.8 Å². The summed E-state index contributed by atoms with van der Waals surface area (Å²) < 4.78 is 7.03. The molecule has 0 aliphatic rings. The van der Waals surface area contributed by atoms with Gasteiger partial charge in [0.2, 0.25) is 11.8 Å². The summed E-state index contributed by atoms with van der Waals surface area (Å²) in [6.07, 6.45) is 0. The predicted octanol–water partition coefficient (Wildman–Crippen LogP) is 4.51. The molecule has 0 aliphatic carbocycles. The average Bonchev–Trinajstić information content (AvgIpc) is 2.62. The summed E-state index contributed by atoms with van der Waals surface area (Å²) in [5.41, 5.74) is 1.51. The number of carbonyl (C=O) groups is 3. The first kappa shape index (κ1) is 22.8. The van der Waals surface area contributed by atoms with Crippen molar-refractivity contribution in [3.8, 4) is 11.8 Å². The van der Waals surface area contributed by atoms with Gasteiger partial charge in [0.25, 0.3) is 0 Å². The van der Waals surface area contributed by atoms with E-state index in [0.717, 1.165) is 0 Å². The molecule has 7 nitrogen and oxygen atoms in total. The fourth-order valence-electron chi connectivity index (χ4n) is 2.17. The maximum Gasteiger partial charge on any atom is 0.345 e. The Labute approximate surface area is 202 Å². The highest BCUT2D eigenvalue weighted by Gasteiger charge is 2.27. The molecule has 2 N–H and O–H groups in total. The number of nitriles is 1. The van der Waals surface area contributed by atoms with E-state index in [4.69, 9.17) is 10.00 Å². The number of carbonyl (C=O) groups excluding carboxylic acids is 3. The number of ether oxygens (including phenoxy) is 1. The van der Waals surface area contributed by atoms with Gasteiger partial charge in [0.05, 0.1) is 39.3 Å². The van der Waals surface area contributed by atoms with Crippen molar-refractivity contribution in [2.45, 2.75) is 13.8 Å². The summed E-state index contributed by atoms with van der Waals surface area (Å²) in [5, 5.41) is 14.3. The molecule has 144 valence electrons. The molecule has 0 saturated carbocycles. The number of anilines is 2. The van der Waals surface area contributed by atoms with E-state index in [9.17, 15) is 14.4 Å². The van der Waals surface area contributed by atoms with Crippen molar-refractivity contribution in [1.82, 2.24) is 0 Å². The highest BCUT2D eigenvalue weighted by atomic mass is 127. The first-order valence-electron chi connectivity index (χ1n) is 7.63. The number of nitrogens with zero attached hydrogens (tertiary/aromatic N) is 1. The maximum atomic E-state index is 12.9. The van der Waals surface area contributed by atoms with E-state index in [1.165, 1.54) is 38.1 Å². The van der Waals surface area contributed by atoms with Gasteiger partial charge in [0.15, 0.2) is 0 Å². The molecule has 0 radical (unpaired) electrons. The topological polar surface area (TPSA) is 108 Å². The molecule has 0 bridgehead atoms. The van der Waals surface area contributed by atoms with Crippen molar-refractivity contribution < 1.29 is 19.1 Å². The minimum atomic E-state index is -0.645. The Morgan fingerprint density at radius 1 is 0.893 bits per heavy atom. The highest BCUT2D eigenvalue weighted by molar-refractivity contribution is 14.1. The van der Waals surface area contributed by atoms with Crippen LogP contribution in [0.15, 0.2) is 24.3 Å². The number of amides is 2. The predicted molar refractivity (Wildman–Crippen MR) is 129 cm³/mol. The number of esters is 1. The van der Waals surface area contributed by atoms with E-state index < -0.39 is 5.97 Å². The van der Waals surface area contributed by atoms with Crippen molar-refractivity contribution >= 4 is 96.9 Å². The maximum absolute atomic E-state index is 12.9. The van der Waals surface area contributed by atoms with Gasteiger partial charge in [0.1, 0.15) is 5.75 Å². The molecule has 0 aromatic heterocycles. The molecule has 10 heteroatoms. The molecule has 2 aromatic rings. The molecular formula is C18H12I3N3O4. The third kappa shape index (κ3) is 5.32. The summed E-state index contributed by atoms with van der Waals surface area (Å²) in [4.78, 5) is 36.1. The fraction of sp³-hybridized carbons (Fsp3) is 0.111. The second-order valence-electron chi connectivity index (χ2n) is 5.46. The molecule has 28 heavy (non-hydrogen) atoms. The minimum absolute atomic E-state index is 0.221. The summed E-state index contributed by atoms with van der Waals surface area (Å²) >= 11 is 5.94. The van der Waals surface area contributed by atoms with Gasteiger partial charge in [-0.15, -0.1) is 0 Å². The van der Waals surface area contributed by atoms with Crippen LogP contribution in [0.2, 0.25) is 0 Å². The monoisotopic (exact) mass is 715 g/mol. The Morgan fingerprint density at radius 3 is 1.75 bits per heavy atom. The van der Waals surface area contributed by atoms with E-state index in [0.29, 0.717) is 27.6 Å². The molecule has 0 saturated heterocycles. The zero-order valence-corrected chi connectivity index (χ0v) is 21.0. The van der Waals surface area contributed by atoms with E-state index in [2.05, 4.69) is 10.6 Å². The van der Waals surface area contributed by atoms with Crippen LogP contribution in [-0.2, 0) is 9.59 Å². The lowest BCUT2D eigenvalue weighted by Gasteiger charge is -2.19. The summed E-state index contributed by atoms with van der Waals surface area (Å²) in [5.74, 6) is -0.987. The number of hydrogen-bond donors (Lipinski definition) is 2. The van der Waals surface area contributed by atoms with Crippen molar-refractivity contribution in [3.63, 3.8) is 0 Å². The van der Waals surface area contributed by atoms with E-state index in [-0.39, 0.29) is 23.1 Å². The van der Waals surface area contributed by atoms with Gasteiger partial charge in [-0.2, -0.15) is 5.26 Å². The van der Waals surface area contributed by atoms with E-state index in [1.807, 2.05) is 73.8 Å². The molecular weight excluding hydrogens is 703 g/mol. The van der Waals surface area contributed by atoms with E-state index in [1.54, 1.807) is 0 Å². The third-order valence-corrected chi connectivity index (χ3v) is 6.55. The Hall–Kier alpha value is -1.47. The van der Waals surface area contributed by atoms with Gasteiger partial charge >= 0.3 is 5.97 Å². The SMILES string of the molecule is CC(=O)Nc1c(I)c(NC(C)=O)c(I)c(C(=O)Oc2ccc(C#N)cc2)c1I. The number of hydrogen-bond acceptors (Lipinski definition) is 5. The Balaban J connectivity index is 2.56. The van der Waals surface area contributed by atoms with Gasteiger partial charge < -0.3 is 15.4 Å².